The summed E-state index contributed by atoms with van der Waals surface area (Å²) in [5, 5.41) is 3.40. The van der Waals surface area contributed by atoms with E-state index in [1.165, 1.54) is 35.9 Å². The fraction of sp³-hybridized carbons (Fsp3) is 0.226. The van der Waals surface area contributed by atoms with Crippen LogP contribution in [0.1, 0.15) is 28.6 Å². The number of nitrogens with one attached hydrogen (secondary N) is 1. The molecule has 10 heteroatoms. The number of hydrogen-bond donors (Lipinski definition) is 1. The van der Waals surface area contributed by atoms with E-state index in [1.54, 1.807) is 49.6 Å². The molecule has 1 atom stereocenters. The van der Waals surface area contributed by atoms with Crippen LogP contribution in [0.4, 0.5) is 10.1 Å². The number of thioether (sulfide) groups is 1. The SMILES string of the molecule is COc1ccc(NC(=O)[C@@H](c2ccccc2)N(Cc2ccc(F)cc2)C(=O)CSc2nc(C)cc(C)n2)c(OC)c1. The monoisotopic (exact) mass is 574 g/mol. The van der Waals surface area contributed by atoms with Crippen LogP contribution in [0.15, 0.2) is 84.0 Å². The van der Waals surface area contributed by atoms with E-state index in [1.807, 2.05) is 38.1 Å². The molecule has 0 aliphatic carbocycles. The van der Waals surface area contributed by atoms with Crippen molar-refractivity contribution in [3.05, 3.63) is 107 Å². The summed E-state index contributed by atoms with van der Waals surface area (Å²) >= 11 is 1.20. The number of carbonyl (C=O) groups is 2. The first-order valence-electron chi connectivity index (χ1n) is 12.8. The summed E-state index contributed by atoms with van der Waals surface area (Å²) in [6.07, 6.45) is 0. The predicted molar refractivity (Wildman–Crippen MR) is 157 cm³/mol. The van der Waals surface area contributed by atoms with Gasteiger partial charge in [-0.3, -0.25) is 9.59 Å². The quantitative estimate of drug-likeness (QED) is 0.180. The van der Waals surface area contributed by atoms with E-state index >= 15 is 0 Å². The molecule has 8 nitrogen and oxygen atoms in total. The van der Waals surface area contributed by atoms with Gasteiger partial charge in [-0.05, 0) is 55.3 Å². The van der Waals surface area contributed by atoms with Crippen LogP contribution in [0.5, 0.6) is 11.5 Å². The van der Waals surface area contributed by atoms with Crippen molar-refractivity contribution in [3.63, 3.8) is 0 Å². The Morgan fingerprint density at radius 2 is 1.61 bits per heavy atom. The molecule has 0 unspecified atom stereocenters. The van der Waals surface area contributed by atoms with Gasteiger partial charge < -0.3 is 19.7 Å². The van der Waals surface area contributed by atoms with Crippen molar-refractivity contribution in [3.8, 4) is 11.5 Å². The number of rotatable bonds is 11. The Morgan fingerprint density at radius 3 is 2.24 bits per heavy atom. The second-order valence-corrected chi connectivity index (χ2v) is 10.2. The van der Waals surface area contributed by atoms with Gasteiger partial charge in [-0.1, -0.05) is 54.2 Å². The van der Waals surface area contributed by atoms with Gasteiger partial charge in [-0.15, -0.1) is 0 Å². The van der Waals surface area contributed by atoms with E-state index in [4.69, 9.17) is 9.47 Å². The Morgan fingerprint density at radius 1 is 0.927 bits per heavy atom. The summed E-state index contributed by atoms with van der Waals surface area (Å²) in [6, 6.07) is 20.8. The van der Waals surface area contributed by atoms with E-state index in [0.717, 1.165) is 11.4 Å². The first kappa shape index (κ1) is 29.5. The Bertz CT molecular complexity index is 1480. The van der Waals surface area contributed by atoms with Crippen LogP contribution in [0.3, 0.4) is 0 Å². The molecular weight excluding hydrogens is 543 g/mol. The smallest absolute Gasteiger partial charge is 0.251 e. The number of halogens is 1. The average molecular weight is 575 g/mol. The largest absolute Gasteiger partial charge is 0.497 e. The van der Waals surface area contributed by atoms with Gasteiger partial charge in [0.1, 0.15) is 23.4 Å². The summed E-state index contributed by atoms with van der Waals surface area (Å²) in [5.74, 6) is -0.178. The number of ether oxygens (including phenoxy) is 2. The van der Waals surface area contributed by atoms with Gasteiger partial charge in [0.2, 0.25) is 5.91 Å². The molecule has 0 bridgehead atoms. The molecule has 1 heterocycles. The highest BCUT2D eigenvalue weighted by Gasteiger charge is 2.32. The van der Waals surface area contributed by atoms with Gasteiger partial charge in [0.15, 0.2) is 5.16 Å². The summed E-state index contributed by atoms with van der Waals surface area (Å²) in [4.78, 5) is 38.2. The number of hydrogen-bond acceptors (Lipinski definition) is 7. The van der Waals surface area contributed by atoms with Crippen molar-refractivity contribution in [1.82, 2.24) is 14.9 Å². The van der Waals surface area contributed by atoms with E-state index in [2.05, 4.69) is 15.3 Å². The molecule has 0 saturated heterocycles. The Balaban J connectivity index is 1.70. The maximum atomic E-state index is 14.0. The number of benzene rings is 3. The molecule has 4 aromatic rings. The average Bonchev–Trinajstić information content (AvgIpc) is 2.97. The molecule has 0 saturated carbocycles. The molecule has 0 aliphatic rings. The van der Waals surface area contributed by atoms with Crippen LogP contribution >= 0.6 is 11.8 Å². The van der Waals surface area contributed by atoms with Crippen LogP contribution in [0, 0.1) is 19.7 Å². The summed E-state index contributed by atoms with van der Waals surface area (Å²) < 4.78 is 24.4. The van der Waals surface area contributed by atoms with Gasteiger partial charge in [-0.25, -0.2) is 14.4 Å². The zero-order valence-corrected chi connectivity index (χ0v) is 24.1. The van der Waals surface area contributed by atoms with Crippen LogP contribution in [-0.2, 0) is 16.1 Å². The lowest BCUT2D eigenvalue weighted by Gasteiger charge is -2.31. The topological polar surface area (TPSA) is 93.7 Å². The predicted octanol–water partition coefficient (Wildman–Crippen LogP) is 5.75. The van der Waals surface area contributed by atoms with Gasteiger partial charge in [-0.2, -0.15) is 0 Å². The van der Waals surface area contributed by atoms with E-state index in [-0.39, 0.29) is 18.2 Å². The molecule has 1 N–H and O–H groups in total. The van der Waals surface area contributed by atoms with Crippen LogP contribution in [0.2, 0.25) is 0 Å². The first-order chi connectivity index (χ1) is 19.8. The number of methoxy groups -OCH3 is 2. The zero-order chi connectivity index (χ0) is 29.4. The molecule has 212 valence electrons. The lowest BCUT2D eigenvalue weighted by Crippen LogP contribution is -2.41. The minimum Gasteiger partial charge on any atom is -0.497 e. The molecule has 0 aliphatic heterocycles. The minimum absolute atomic E-state index is 0.00738. The molecule has 2 amide bonds. The number of aryl methyl sites for hydroxylation is 2. The Hall–Kier alpha value is -4.44. The van der Waals surface area contributed by atoms with Gasteiger partial charge in [0.25, 0.3) is 5.91 Å². The fourth-order valence-corrected chi connectivity index (χ4v) is 5.12. The molecule has 4 rings (SSSR count). The number of anilines is 1. The normalized spacial score (nSPS) is 11.4. The van der Waals surface area contributed by atoms with Gasteiger partial charge in [0.05, 0.1) is 25.7 Å². The lowest BCUT2D eigenvalue weighted by molar-refractivity contribution is -0.137. The van der Waals surface area contributed by atoms with Crippen molar-refractivity contribution in [2.24, 2.45) is 0 Å². The van der Waals surface area contributed by atoms with Crippen molar-refractivity contribution in [2.75, 3.05) is 25.3 Å². The minimum atomic E-state index is -1.01. The zero-order valence-electron chi connectivity index (χ0n) is 23.3. The second kappa shape index (κ2) is 13.8. The number of aromatic nitrogens is 2. The van der Waals surface area contributed by atoms with E-state index in [9.17, 15) is 14.0 Å². The summed E-state index contributed by atoms with van der Waals surface area (Å²) in [6.45, 7) is 3.80. The number of amides is 2. The fourth-order valence-electron chi connectivity index (χ4n) is 4.29. The Kier molecular flexibility index (Phi) is 9.91. The maximum Gasteiger partial charge on any atom is 0.251 e. The van der Waals surface area contributed by atoms with Crippen molar-refractivity contribution >= 4 is 29.3 Å². The summed E-state index contributed by atoms with van der Waals surface area (Å²) in [5.41, 5.74) is 3.30. The third kappa shape index (κ3) is 7.82. The molecule has 0 fully saturated rings. The van der Waals surface area contributed by atoms with Crippen molar-refractivity contribution < 1.29 is 23.5 Å². The standard InChI is InChI=1S/C31H31FN4O4S/c1-20-16-21(2)34-31(33-20)41-19-28(37)36(18-22-10-12-24(32)13-11-22)29(23-8-6-5-7-9-23)30(38)35-26-15-14-25(39-3)17-27(26)40-4/h5-17,29H,18-19H2,1-4H3,(H,35,38)/t29-/m1/s1. The number of carbonyl (C=O) groups excluding carboxylic acids is 2. The van der Waals surface area contributed by atoms with E-state index in [0.29, 0.717) is 33.5 Å². The third-order valence-corrected chi connectivity index (χ3v) is 7.05. The molecule has 0 radical (unpaired) electrons. The highest BCUT2D eigenvalue weighted by Crippen LogP contribution is 2.32. The van der Waals surface area contributed by atoms with Crippen LogP contribution < -0.4 is 14.8 Å². The number of nitrogens with zero attached hydrogens (tertiary/aromatic N) is 3. The van der Waals surface area contributed by atoms with Gasteiger partial charge >= 0.3 is 0 Å². The molecule has 41 heavy (non-hydrogen) atoms. The second-order valence-electron chi connectivity index (χ2n) is 9.24. The van der Waals surface area contributed by atoms with Gasteiger partial charge in [0, 0.05) is 24.0 Å². The molecular formula is C31H31FN4O4S. The highest BCUT2D eigenvalue weighted by atomic mass is 32.2. The van der Waals surface area contributed by atoms with Crippen molar-refractivity contribution in [1.29, 1.82) is 0 Å². The van der Waals surface area contributed by atoms with Crippen LogP contribution in [0.25, 0.3) is 0 Å². The van der Waals surface area contributed by atoms with E-state index < -0.39 is 17.8 Å². The maximum absolute atomic E-state index is 14.0. The molecule has 3 aromatic carbocycles. The summed E-state index contributed by atoms with van der Waals surface area (Å²) in [7, 11) is 3.04. The lowest BCUT2D eigenvalue weighted by atomic mass is 10.0. The molecule has 0 spiro atoms. The van der Waals surface area contributed by atoms with Crippen LogP contribution in [-0.4, -0.2) is 46.7 Å². The van der Waals surface area contributed by atoms with Crippen molar-refractivity contribution in [2.45, 2.75) is 31.6 Å². The first-order valence-corrected chi connectivity index (χ1v) is 13.8. The Labute approximate surface area is 242 Å². The third-order valence-electron chi connectivity index (χ3n) is 6.21. The molecule has 1 aromatic heterocycles. The highest BCUT2D eigenvalue weighted by molar-refractivity contribution is 7.99.